The van der Waals surface area contributed by atoms with Crippen molar-refractivity contribution < 1.29 is 18.7 Å². The molecule has 3 aromatic rings. The SMILES string of the molecule is Cn1cc(C(=O)O)c(=O)c2c3cc(F)c(Cl)c(F)c3ncc21. The van der Waals surface area contributed by atoms with Crippen LogP contribution in [0.1, 0.15) is 10.4 Å². The lowest BCUT2D eigenvalue weighted by Crippen LogP contribution is -2.18. The first-order chi connectivity index (χ1) is 10.3. The van der Waals surface area contributed by atoms with Crippen LogP contribution >= 0.6 is 11.6 Å². The van der Waals surface area contributed by atoms with E-state index in [9.17, 15) is 18.4 Å². The Morgan fingerprint density at radius 3 is 2.73 bits per heavy atom. The zero-order valence-corrected chi connectivity index (χ0v) is 11.8. The second-order valence-electron chi connectivity index (χ2n) is 4.69. The summed E-state index contributed by atoms with van der Waals surface area (Å²) in [5.41, 5.74) is -1.38. The predicted octanol–water partition coefficient (Wildman–Crippen LogP) is 2.72. The lowest BCUT2D eigenvalue weighted by Gasteiger charge is -2.10. The Balaban J connectivity index is 2.67. The Bertz CT molecular complexity index is 1030. The number of aryl methyl sites for hydroxylation is 1. The minimum absolute atomic E-state index is 0.123. The fourth-order valence-electron chi connectivity index (χ4n) is 2.35. The Morgan fingerprint density at radius 2 is 2.09 bits per heavy atom. The molecule has 0 unspecified atom stereocenters. The van der Waals surface area contributed by atoms with Gasteiger partial charge in [-0.1, -0.05) is 11.6 Å². The van der Waals surface area contributed by atoms with E-state index in [0.29, 0.717) is 0 Å². The highest BCUT2D eigenvalue weighted by Crippen LogP contribution is 2.29. The summed E-state index contributed by atoms with van der Waals surface area (Å²) < 4.78 is 29.1. The van der Waals surface area contributed by atoms with Crippen LogP contribution in [0.4, 0.5) is 8.78 Å². The molecule has 22 heavy (non-hydrogen) atoms. The summed E-state index contributed by atoms with van der Waals surface area (Å²) in [6, 6.07) is 0.878. The summed E-state index contributed by atoms with van der Waals surface area (Å²) in [5.74, 6) is -3.58. The standard InChI is InChI=1S/C14H7ClF2N2O3/c1-19-4-6(14(21)22)13(20)9-5-2-7(16)10(15)11(17)12(5)18-3-8(9)19/h2-4H,1H3,(H,21,22). The molecule has 3 rings (SSSR count). The Morgan fingerprint density at radius 1 is 1.41 bits per heavy atom. The first-order valence-corrected chi connectivity index (χ1v) is 6.39. The third-order valence-electron chi connectivity index (χ3n) is 3.38. The number of aromatic nitrogens is 2. The van der Waals surface area contributed by atoms with Gasteiger partial charge in [-0.05, 0) is 6.07 Å². The average molecular weight is 325 g/mol. The van der Waals surface area contributed by atoms with Gasteiger partial charge >= 0.3 is 5.97 Å². The molecular formula is C14H7ClF2N2O3. The van der Waals surface area contributed by atoms with Crippen molar-refractivity contribution in [2.45, 2.75) is 0 Å². The molecule has 0 saturated carbocycles. The molecular weight excluding hydrogens is 318 g/mol. The molecule has 0 spiro atoms. The highest BCUT2D eigenvalue weighted by atomic mass is 35.5. The van der Waals surface area contributed by atoms with Crippen LogP contribution in [0.5, 0.6) is 0 Å². The minimum atomic E-state index is -1.43. The summed E-state index contributed by atoms with van der Waals surface area (Å²) in [6.45, 7) is 0. The number of carboxylic acid groups (broad SMARTS) is 1. The van der Waals surface area contributed by atoms with Crippen molar-refractivity contribution in [3.8, 4) is 0 Å². The maximum atomic E-state index is 14.0. The number of hydrogen-bond acceptors (Lipinski definition) is 3. The molecule has 2 heterocycles. The molecule has 0 amide bonds. The normalized spacial score (nSPS) is 11.3. The van der Waals surface area contributed by atoms with E-state index in [4.69, 9.17) is 16.7 Å². The molecule has 0 aliphatic rings. The van der Waals surface area contributed by atoms with Crippen molar-refractivity contribution >= 4 is 39.4 Å². The van der Waals surface area contributed by atoms with Crippen LogP contribution in [-0.4, -0.2) is 20.6 Å². The number of fused-ring (bicyclic) bond motifs is 3. The molecule has 0 aliphatic heterocycles. The zero-order valence-electron chi connectivity index (χ0n) is 11.0. The summed E-state index contributed by atoms with van der Waals surface area (Å²) >= 11 is 5.49. The zero-order chi connectivity index (χ0) is 16.2. The molecule has 2 aromatic heterocycles. The summed E-state index contributed by atoms with van der Waals surface area (Å²) in [4.78, 5) is 27.3. The van der Waals surface area contributed by atoms with Crippen molar-refractivity contribution in [2.75, 3.05) is 0 Å². The van der Waals surface area contributed by atoms with Crippen molar-refractivity contribution in [1.29, 1.82) is 0 Å². The number of benzene rings is 1. The molecule has 0 saturated heterocycles. The fourth-order valence-corrected chi connectivity index (χ4v) is 2.49. The Hall–Kier alpha value is -2.54. The molecule has 8 heteroatoms. The van der Waals surface area contributed by atoms with Crippen LogP contribution in [0.3, 0.4) is 0 Å². The quantitative estimate of drug-likeness (QED) is 0.552. The van der Waals surface area contributed by atoms with Crippen LogP contribution in [0.15, 0.2) is 23.3 Å². The number of carboxylic acids is 1. The highest BCUT2D eigenvalue weighted by molar-refractivity contribution is 6.31. The average Bonchev–Trinajstić information content (AvgIpc) is 2.47. The van der Waals surface area contributed by atoms with Gasteiger partial charge in [0.1, 0.15) is 21.9 Å². The van der Waals surface area contributed by atoms with E-state index in [1.54, 1.807) is 0 Å². The van der Waals surface area contributed by atoms with E-state index in [1.165, 1.54) is 17.8 Å². The van der Waals surface area contributed by atoms with Gasteiger partial charge in [-0.25, -0.2) is 13.6 Å². The predicted molar refractivity (Wildman–Crippen MR) is 76.4 cm³/mol. The number of aromatic carboxylic acids is 1. The molecule has 112 valence electrons. The second-order valence-corrected chi connectivity index (χ2v) is 5.07. The van der Waals surface area contributed by atoms with Gasteiger partial charge in [-0.15, -0.1) is 0 Å². The van der Waals surface area contributed by atoms with Crippen LogP contribution < -0.4 is 5.43 Å². The van der Waals surface area contributed by atoms with Gasteiger partial charge in [-0.2, -0.15) is 0 Å². The van der Waals surface area contributed by atoms with Crippen molar-refractivity contribution in [3.05, 3.63) is 50.9 Å². The summed E-state index contributed by atoms with van der Waals surface area (Å²) in [6.07, 6.45) is 2.34. The topological polar surface area (TPSA) is 72.2 Å². The smallest absolute Gasteiger partial charge is 0.341 e. The van der Waals surface area contributed by atoms with E-state index < -0.39 is 33.6 Å². The van der Waals surface area contributed by atoms with Gasteiger partial charge in [0.2, 0.25) is 5.43 Å². The molecule has 0 fully saturated rings. The van der Waals surface area contributed by atoms with Gasteiger partial charge in [0, 0.05) is 18.6 Å². The van der Waals surface area contributed by atoms with Gasteiger partial charge in [0.25, 0.3) is 0 Å². The van der Waals surface area contributed by atoms with E-state index in [2.05, 4.69) is 4.98 Å². The highest BCUT2D eigenvalue weighted by Gasteiger charge is 2.20. The first-order valence-electron chi connectivity index (χ1n) is 6.01. The second kappa shape index (κ2) is 4.74. The van der Waals surface area contributed by atoms with Gasteiger partial charge in [-0.3, -0.25) is 9.78 Å². The van der Waals surface area contributed by atoms with Gasteiger partial charge in [0.05, 0.1) is 17.1 Å². The minimum Gasteiger partial charge on any atom is -0.477 e. The molecule has 1 N–H and O–H groups in total. The van der Waals surface area contributed by atoms with E-state index in [0.717, 1.165) is 12.3 Å². The monoisotopic (exact) mass is 324 g/mol. The maximum absolute atomic E-state index is 14.0. The van der Waals surface area contributed by atoms with Crippen LogP contribution in [-0.2, 0) is 7.05 Å². The fraction of sp³-hybridized carbons (Fsp3) is 0.0714. The van der Waals surface area contributed by atoms with E-state index >= 15 is 0 Å². The third-order valence-corrected chi connectivity index (χ3v) is 3.73. The van der Waals surface area contributed by atoms with E-state index in [-0.39, 0.29) is 21.8 Å². The van der Waals surface area contributed by atoms with E-state index in [1.807, 2.05) is 0 Å². The van der Waals surface area contributed by atoms with Crippen molar-refractivity contribution in [1.82, 2.24) is 9.55 Å². The lowest BCUT2D eigenvalue weighted by atomic mass is 10.1. The molecule has 0 radical (unpaired) electrons. The first kappa shape index (κ1) is 14.4. The van der Waals surface area contributed by atoms with Crippen molar-refractivity contribution in [2.24, 2.45) is 7.05 Å². The maximum Gasteiger partial charge on any atom is 0.341 e. The van der Waals surface area contributed by atoms with Gasteiger partial charge in [0.15, 0.2) is 5.82 Å². The molecule has 0 atom stereocenters. The van der Waals surface area contributed by atoms with Crippen LogP contribution in [0.2, 0.25) is 5.02 Å². The largest absolute Gasteiger partial charge is 0.477 e. The van der Waals surface area contributed by atoms with Gasteiger partial charge < -0.3 is 9.67 Å². The van der Waals surface area contributed by atoms with Crippen LogP contribution in [0, 0.1) is 11.6 Å². The lowest BCUT2D eigenvalue weighted by molar-refractivity contribution is 0.0695. The molecule has 5 nitrogen and oxygen atoms in total. The number of pyridine rings is 2. The number of carbonyl (C=O) groups is 1. The molecule has 1 aromatic carbocycles. The van der Waals surface area contributed by atoms with Crippen molar-refractivity contribution in [3.63, 3.8) is 0 Å². The molecule has 0 bridgehead atoms. The summed E-state index contributed by atoms with van der Waals surface area (Å²) in [5, 5.41) is 8.10. The number of hydrogen-bond donors (Lipinski definition) is 1. The Labute approximate surface area is 126 Å². The number of nitrogens with zero attached hydrogens (tertiary/aromatic N) is 2. The number of halogens is 3. The molecule has 0 aliphatic carbocycles. The number of rotatable bonds is 1. The Kier molecular flexibility index (Phi) is 3.10. The summed E-state index contributed by atoms with van der Waals surface area (Å²) in [7, 11) is 1.50. The van der Waals surface area contributed by atoms with Crippen LogP contribution in [0.25, 0.3) is 21.8 Å². The third kappa shape index (κ3) is 1.86.